The van der Waals surface area contributed by atoms with Crippen LogP contribution in [0.25, 0.3) is 6.08 Å². The third-order valence-corrected chi connectivity index (χ3v) is 5.21. The summed E-state index contributed by atoms with van der Waals surface area (Å²) in [5.41, 5.74) is 3.14. The molecule has 0 spiro atoms. The second kappa shape index (κ2) is 9.22. The summed E-state index contributed by atoms with van der Waals surface area (Å²) in [4.78, 5) is 16.5. The van der Waals surface area contributed by atoms with Crippen molar-refractivity contribution in [1.29, 1.82) is 0 Å². The van der Waals surface area contributed by atoms with Crippen LogP contribution in [0.4, 0.5) is 0 Å². The van der Waals surface area contributed by atoms with E-state index in [1.54, 1.807) is 18.2 Å². The average Bonchev–Trinajstić information content (AvgIpc) is 3.39. The first-order valence-corrected chi connectivity index (χ1v) is 10.5. The fourth-order valence-electron chi connectivity index (χ4n) is 3.07. The van der Waals surface area contributed by atoms with Crippen LogP contribution >= 0.6 is 15.9 Å². The highest BCUT2D eigenvalue weighted by atomic mass is 79.9. The van der Waals surface area contributed by atoms with Gasteiger partial charge in [-0.1, -0.05) is 24.3 Å². The molecule has 0 unspecified atom stereocenters. The summed E-state index contributed by atoms with van der Waals surface area (Å²) in [5, 5.41) is 0. The van der Waals surface area contributed by atoms with Crippen molar-refractivity contribution in [3.8, 4) is 11.5 Å². The number of rotatable bonds is 7. The van der Waals surface area contributed by atoms with Crippen LogP contribution in [-0.2, 0) is 16.1 Å². The van der Waals surface area contributed by atoms with Crippen LogP contribution in [0, 0.1) is 6.92 Å². The van der Waals surface area contributed by atoms with Crippen molar-refractivity contribution < 1.29 is 23.4 Å². The van der Waals surface area contributed by atoms with Crippen molar-refractivity contribution >= 4 is 33.9 Å². The molecule has 1 aliphatic rings. The molecule has 0 saturated heterocycles. The molecule has 0 aliphatic carbocycles. The number of hydrogen-bond donors (Lipinski definition) is 0. The molecule has 4 rings (SSSR count). The fraction of sp³-hybridized carbons (Fsp3) is 0.167. The van der Waals surface area contributed by atoms with Crippen molar-refractivity contribution in [3.63, 3.8) is 0 Å². The quantitative estimate of drug-likeness (QED) is 0.321. The maximum Gasteiger partial charge on any atom is 0.363 e. The van der Waals surface area contributed by atoms with E-state index in [2.05, 4.69) is 20.9 Å². The Morgan fingerprint density at radius 3 is 2.71 bits per heavy atom. The van der Waals surface area contributed by atoms with E-state index in [1.807, 2.05) is 50.2 Å². The maximum atomic E-state index is 12.2. The van der Waals surface area contributed by atoms with E-state index in [4.69, 9.17) is 18.6 Å². The number of furan rings is 1. The molecule has 31 heavy (non-hydrogen) atoms. The SMILES string of the molecule is CCOc1cc(/C=C2\N=C(c3ccco3)OC2=O)cc(Br)c1OCc1ccccc1C. The Bertz CT molecular complexity index is 1160. The first-order chi connectivity index (χ1) is 15.0. The molecule has 6 nitrogen and oxygen atoms in total. The molecule has 0 saturated carbocycles. The van der Waals surface area contributed by atoms with Crippen molar-refractivity contribution in [3.05, 3.63) is 87.4 Å². The molecular weight excluding hydrogens is 462 g/mol. The lowest BCUT2D eigenvalue weighted by molar-refractivity contribution is -0.130. The van der Waals surface area contributed by atoms with Crippen LogP contribution in [0.2, 0.25) is 0 Å². The monoisotopic (exact) mass is 481 g/mol. The molecule has 158 valence electrons. The van der Waals surface area contributed by atoms with Gasteiger partial charge in [0.1, 0.15) is 6.61 Å². The fourth-order valence-corrected chi connectivity index (χ4v) is 3.64. The van der Waals surface area contributed by atoms with Crippen LogP contribution in [0.3, 0.4) is 0 Å². The van der Waals surface area contributed by atoms with Gasteiger partial charge in [-0.25, -0.2) is 9.79 Å². The number of nitrogens with zero attached hydrogens (tertiary/aromatic N) is 1. The van der Waals surface area contributed by atoms with Crippen LogP contribution in [-0.4, -0.2) is 18.5 Å². The number of carbonyl (C=O) groups excluding carboxylic acids is 1. The molecule has 0 fully saturated rings. The lowest BCUT2D eigenvalue weighted by Gasteiger charge is -2.15. The average molecular weight is 482 g/mol. The summed E-state index contributed by atoms with van der Waals surface area (Å²) in [6, 6.07) is 15.1. The molecule has 2 heterocycles. The van der Waals surface area contributed by atoms with Crippen LogP contribution in [0.1, 0.15) is 29.4 Å². The van der Waals surface area contributed by atoms with E-state index in [-0.39, 0.29) is 11.6 Å². The molecule has 0 bridgehead atoms. The molecule has 3 aromatic rings. The smallest absolute Gasteiger partial charge is 0.363 e. The second-order valence-corrected chi connectivity index (χ2v) is 7.65. The number of ether oxygens (including phenoxy) is 3. The Labute approximate surface area is 188 Å². The Kier molecular flexibility index (Phi) is 6.23. The summed E-state index contributed by atoms with van der Waals surface area (Å²) in [6.45, 7) is 4.83. The summed E-state index contributed by atoms with van der Waals surface area (Å²) in [6.07, 6.45) is 3.13. The lowest BCUT2D eigenvalue weighted by Crippen LogP contribution is -2.04. The lowest BCUT2D eigenvalue weighted by atomic mass is 10.1. The molecule has 0 amide bonds. The predicted octanol–water partition coefficient (Wildman–Crippen LogP) is 5.67. The summed E-state index contributed by atoms with van der Waals surface area (Å²) >= 11 is 3.57. The number of carbonyl (C=O) groups is 1. The number of hydrogen-bond acceptors (Lipinski definition) is 6. The number of halogens is 1. The summed E-state index contributed by atoms with van der Waals surface area (Å²) in [7, 11) is 0. The number of esters is 1. The van der Waals surface area contributed by atoms with Gasteiger partial charge >= 0.3 is 5.97 Å². The zero-order valence-corrected chi connectivity index (χ0v) is 18.6. The van der Waals surface area contributed by atoms with Gasteiger partial charge in [0.25, 0.3) is 5.90 Å². The van der Waals surface area contributed by atoms with E-state index in [0.29, 0.717) is 34.9 Å². The number of benzene rings is 2. The van der Waals surface area contributed by atoms with Crippen molar-refractivity contribution in [2.45, 2.75) is 20.5 Å². The molecule has 0 atom stereocenters. The topological polar surface area (TPSA) is 70.3 Å². The van der Waals surface area contributed by atoms with E-state index in [0.717, 1.165) is 16.7 Å². The third-order valence-electron chi connectivity index (χ3n) is 4.62. The van der Waals surface area contributed by atoms with Gasteiger partial charge in [0.05, 0.1) is 17.3 Å². The molecule has 0 N–H and O–H groups in total. The third kappa shape index (κ3) is 4.72. The standard InChI is InChI=1S/C24H20BrNO5/c1-3-28-21-13-16(12-19-24(27)31-23(26-19)20-9-6-10-29-20)11-18(25)22(21)30-14-17-8-5-4-7-15(17)2/h4-13H,3,14H2,1-2H3/b19-12-. The van der Waals surface area contributed by atoms with Crippen LogP contribution in [0.15, 0.2) is 74.4 Å². The largest absolute Gasteiger partial charge is 0.490 e. The molecular formula is C24H20BrNO5. The first-order valence-electron chi connectivity index (χ1n) is 9.75. The normalized spacial score (nSPS) is 14.5. The van der Waals surface area contributed by atoms with E-state index in [1.165, 1.54) is 6.26 Å². The van der Waals surface area contributed by atoms with Gasteiger partial charge in [0, 0.05) is 0 Å². The Morgan fingerprint density at radius 2 is 1.97 bits per heavy atom. The second-order valence-electron chi connectivity index (χ2n) is 6.79. The first kappa shape index (κ1) is 20.9. The Balaban J connectivity index is 1.62. The van der Waals surface area contributed by atoms with Crippen molar-refractivity contribution in [1.82, 2.24) is 0 Å². The highest BCUT2D eigenvalue weighted by Gasteiger charge is 2.26. The number of cyclic esters (lactones) is 1. The van der Waals surface area contributed by atoms with Crippen molar-refractivity contribution in [2.75, 3.05) is 6.61 Å². The maximum absolute atomic E-state index is 12.2. The molecule has 2 aromatic carbocycles. The molecule has 1 aromatic heterocycles. The Morgan fingerprint density at radius 1 is 1.13 bits per heavy atom. The van der Waals surface area contributed by atoms with Crippen LogP contribution < -0.4 is 9.47 Å². The number of aliphatic imine (C=N–C) groups is 1. The minimum atomic E-state index is -0.541. The highest BCUT2D eigenvalue weighted by molar-refractivity contribution is 9.10. The highest BCUT2D eigenvalue weighted by Crippen LogP contribution is 2.38. The molecule has 7 heteroatoms. The van der Waals surface area contributed by atoms with Gasteiger partial charge in [-0.15, -0.1) is 0 Å². The number of aryl methyl sites for hydroxylation is 1. The van der Waals surface area contributed by atoms with Gasteiger partial charge in [0.2, 0.25) is 0 Å². The molecule has 1 aliphatic heterocycles. The zero-order chi connectivity index (χ0) is 21.8. The summed E-state index contributed by atoms with van der Waals surface area (Å²) < 4.78 is 23.0. The van der Waals surface area contributed by atoms with E-state index >= 15 is 0 Å². The zero-order valence-electron chi connectivity index (χ0n) is 17.1. The predicted molar refractivity (Wildman–Crippen MR) is 120 cm³/mol. The van der Waals surface area contributed by atoms with Gasteiger partial charge < -0.3 is 18.6 Å². The summed E-state index contributed by atoms with van der Waals surface area (Å²) in [5.74, 6) is 1.16. The minimum absolute atomic E-state index is 0.142. The Hall–Kier alpha value is -3.32. The van der Waals surface area contributed by atoms with Crippen molar-refractivity contribution in [2.24, 2.45) is 4.99 Å². The van der Waals surface area contributed by atoms with E-state index < -0.39 is 5.97 Å². The minimum Gasteiger partial charge on any atom is -0.490 e. The van der Waals surface area contributed by atoms with Gasteiger partial charge in [-0.05, 0) is 76.8 Å². The van der Waals surface area contributed by atoms with Crippen LogP contribution in [0.5, 0.6) is 11.5 Å². The van der Waals surface area contributed by atoms with E-state index in [9.17, 15) is 4.79 Å². The van der Waals surface area contributed by atoms with Gasteiger partial charge in [-0.2, -0.15) is 0 Å². The van der Waals surface area contributed by atoms with Gasteiger partial charge in [0.15, 0.2) is 23.0 Å². The van der Waals surface area contributed by atoms with Gasteiger partial charge in [-0.3, -0.25) is 0 Å². The molecule has 0 radical (unpaired) electrons.